The molecule has 180 valence electrons. The molecule has 0 bridgehead atoms. The van der Waals surface area contributed by atoms with E-state index in [0.29, 0.717) is 30.2 Å². The van der Waals surface area contributed by atoms with Crippen LogP contribution >= 0.6 is 10.2 Å². The minimum absolute atomic E-state index is 0.120. The Hall–Kier alpha value is -2.39. The maximum atomic E-state index is 12.1. The normalized spacial score (nSPS) is 15.3. The van der Waals surface area contributed by atoms with E-state index in [-0.39, 0.29) is 11.9 Å². The van der Waals surface area contributed by atoms with Crippen LogP contribution in [0.4, 0.5) is 19.4 Å². The molecular formula is C23H31F5N2OS. The van der Waals surface area contributed by atoms with Crippen LogP contribution in [0, 0.1) is 6.92 Å². The molecular weight excluding hydrogens is 447 g/mol. The summed E-state index contributed by atoms with van der Waals surface area (Å²) in [6, 6.07) is 11.3. The van der Waals surface area contributed by atoms with Crippen molar-refractivity contribution < 1.29 is 24.2 Å². The van der Waals surface area contributed by atoms with Crippen LogP contribution in [0.2, 0.25) is 0 Å². The molecule has 2 N–H and O–H groups in total. The predicted molar refractivity (Wildman–Crippen MR) is 123 cm³/mol. The Kier molecular flexibility index (Phi) is 8.67. The van der Waals surface area contributed by atoms with E-state index < -0.39 is 15.1 Å². The lowest BCUT2D eigenvalue weighted by molar-refractivity contribution is -0.116. The number of amides is 1. The highest BCUT2D eigenvalue weighted by Gasteiger charge is 2.65. The molecule has 0 spiro atoms. The lowest BCUT2D eigenvalue weighted by Gasteiger charge is -2.40. The maximum absolute atomic E-state index is 12.1. The molecule has 32 heavy (non-hydrogen) atoms. The van der Waals surface area contributed by atoms with Crippen LogP contribution in [0.3, 0.4) is 0 Å². The highest BCUT2D eigenvalue weighted by atomic mass is 32.5. The molecule has 2 rings (SSSR count). The number of rotatable bonds is 8. The van der Waals surface area contributed by atoms with Gasteiger partial charge in [-0.05, 0) is 55.6 Å². The fraction of sp³-hybridized carbons (Fsp3) is 0.348. The average molecular weight is 479 g/mol. The second-order valence-electron chi connectivity index (χ2n) is 7.51. The molecule has 3 nitrogen and oxygen atoms in total. The monoisotopic (exact) mass is 478 g/mol. The SMILES string of the molecule is C=CC(=O)NCC(NC)c1ccccc1C(C)CC.Cc1ccc(S(F)(F)(F)(F)F)cc1. The van der Waals surface area contributed by atoms with Crippen molar-refractivity contribution in [3.8, 4) is 0 Å². The summed E-state index contributed by atoms with van der Waals surface area (Å²) in [5, 5.41) is 6.11. The molecule has 2 unspecified atom stereocenters. The molecule has 0 aliphatic rings. The van der Waals surface area contributed by atoms with Gasteiger partial charge in [-0.3, -0.25) is 4.79 Å². The summed E-state index contributed by atoms with van der Waals surface area (Å²) in [5.41, 5.74) is 3.10. The molecule has 0 fully saturated rings. The van der Waals surface area contributed by atoms with Crippen LogP contribution in [-0.4, -0.2) is 19.5 Å². The third-order valence-electron chi connectivity index (χ3n) is 5.00. The van der Waals surface area contributed by atoms with Gasteiger partial charge in [-0.15, -0.1) is 0 Å². The number of hydrogen-bond donors (Lipinski definition) is 2. The van der Waals surface area contributed by atoms with Crippen molar-refractivity contribution in [2.45, 2.75) is 44.0 Å². The van der Waals surface area contributed by atoms with Crippen molar-refractivity contribution in [3.63, 3.8) is 0 Å². The van der Waals surface area contributed by atoms with Crippen LogP contribution < -0.4 is 10.6 Å². The van der Waals surface area contributed by atoms with E-state index in [1.165, 1.54) is 24.1 Å². The molecule has 0 heterocycles. The highest BCUT2D eigenvalue weighted by molar-refractivity contribution is 8.45. The summed E-state index contributed by atoms with van der Waals surface area (Å²) < 4.78 is 60.4. The third kappa shape index (κ3) is 8.63. The Morgan fingerprint density at radius 1 is 1.03 bits per heavy atom. The lowest BCUT2D eigenvalue weighted by Crippen LogP contribution is -2.33. The standard InChI is InChI=1S/C16H24N2O.C7H7F5S/c1-5-12(3)13-9-7-8-10-14(13)15(17-4)11-18-16(19)6-2;1-6-2-4-7(5-3-6)13(8,9,10,11)12/h6-10,12,15,17H,2,5,11H2,1,3-4H3,(H,18,19);2-5H,1H3. The van der Waals surface area contributed by atoms with Crippen LogP contribution in [-0.2, 0) is 4.79 Å². The van der Waals surface area contributed by atoms with Crippen molar-refractivity contribution in [1.82, 2.24) is 10.6 Å². The lowest BCUT2D eigenvalue weighted by atomic mass is 9.90. The zero-order chi connectivity index (χ0) is 24.6. The van der Waals surface area contributed by atoms with E-state index in [1.807, 2.05) is 13.1 Å². The van der Waals surface area contributed by atoms with Crippen LogP contribution in [0.1, 0.15) is 48.9 Å². The Balaban J connectivity index is 0.000000343. The zero-order valence-electron chi connectivity index (χ0n) is 18.7. The summed E-state index contributed by atoms with van der Waals surface area (Å²) in [7, 11) is -7.54. The number of benzene rings is 2. The smallest absolute Gasteiger partial charge is 0.310 e. The first-order valence-corrected chi connectivity index (χ1v) is 12.0. The molecule has 0 aromatic heterocycles. The van der Waals surface area contributed by atoms with Gasteiger partial charge in [0.1, 0.15) is 4.90 Å². The van der Waals surface area contributed by atoms with E-state index in [1.54, 1.807) is 0 Å². The quantitative estimate of drug-likeness (QED) is 0.306. The topological polar surface area (TPSA) is 41.1 Å². The molecule has 2 aromatic carbocycles. The number of nitrogens with one attached hydrogen (secondary N) is 2. The van der Waals surface area contributed by atoms with Gasteiger partial charge in [0.25, 0.3) is 0 Å². The first-order valence-electron chi connectivity index (χ1n) is 10.1. The largest absolute Gasteiger partial charge is 0.351 e. The van der Waals surface area contributed by atoms with Crippen molar-refractivity contribution >= 4 is 16.1 Å². The molecule has 0 aliphatic heterocycles. The number of carbonyl (C=O) groups is 1. The van der Waals surface area contributed by atoms with E-state index >= 15 is 0 Å². The molecule has 0 radical (unpaired) electrons. The molecule has 9 heteroatoms. The summed E-state index contributed by atoms with van der Waals surface area (Å²) >= 11 is 0. The molecule has 1 amide bonds. The summed E-state index contributed by atoms with van der Waals surface area (Å²) in [6.45, 7) is 9.97. The van der Waals surface area contributed by atoms with Crippen LogP contribution in [0.15, 0.2) is 66.1 Å². The minimum Gasteiger partial charge on any atom is -0.351 e. The fourth-order valence-corrected chi connectivity index (χ4v) is 3.59. The molecule has 0 aliphatic carbocycles. The Bertz CT molecular complexity index is 915. The molecule has 0 saturated heterocycles. The Morgan fingerprint density at radius 2 is 1.56 bits per heavy atom. The van der Waals surface area contributed by atoms with Gasteiger partial charge in [-0.25, -0.2) is 0 Å². The number of carbonyl (C=O) groups excluding carboxylic acids is 1. The Morgan fingerprint density at radius 3 is 2.00 bits per heavy atom. The predicted octanol–water partition coefficient (Wildman–Crippen LogP) is 7.42. The van der Waals surface area contributed by atoms with E-state index in [9.17, 15) is 24.2 Å². The number of halogens is 5. The molecule has 0 saturated carbocycles. The van der Waals surface area contributed by atoms with Gasteiger partial charge in [0.05, 0.1) is 0 Å². The Labute approximate surface area is 186 Å². The maximum Gasteiger partial charge on any atom is 0.310 e. The molecule has 2 atom stereocenters. The van der Waals surface area contributed by atoms with Crippen LogP contribution in [0.25, 0.3) is 0 Å². The third-order valence-corrected chi connectivity index (χ3v) is 6.16. The van der Waals surface area contributed by atoms with E-state index in [2.05, 4.69) is 49.3 Å². The second-order valence-corrected chi connectivity index (χ2v) is 9.92. The summed E-state index contributed by atoms with van der Waals surface area (Å²) in [4.78, 5) is 9.44. The fourth-order valence-electron chi connectivity index (χ4n) is 2.93. The van der Waals surface area contributed by atoms with Gasteiger partial charge in [0.15, 0.2) is 0 Å². The van der Waals surface area contributed by atoms with Gasteiger partial charge >= 0.3 is 10.2 Å². The van der Waals surface area contributed by atoms with Gasteiger partial charge < -0.3 is 10.6 Å². The highest BCUT2D eigenvalue weighted by Crippen LogP contribution is 3.02. The zero-order valence-corrected chi connectivity index (χ0v) is 19.5. The number of aryl methyl sites for hydroxylation is 1. The average Bonchev–Trinajstić information content (AvgIpc) is 2.72. The van der Waals surface area contributed by atoms with Crippen molar-refractivity contribution in [1.29, 1.82) is 0 Å². The number of hydrogen-bond acceptors (Lipinski definition) is 2. The van der Waals surface area contributed by atoms with E-state index in [4.69, 9.17) is 0 Å². The van der Waals surface area contributed by atoms with Gasteiger partial charge in [0, 0.05) is 12.6 Å². The summed E-state index contributed by atoms with van der Waals surface area (Å²) in [5.74, 6) is 0.378. The first-order chi connectivity index (χ1) is 14.6. The van der Waals surface area contributed by atoms with Crippen LogP contribution in [0.5, 0.6) is 0 Å². The summed E-state index contributed by atoms with van der Waals surface area (Å²) in [6.07, 6.45) is 2.40. The van der Waals surface area contributed by atoms with Crippen molar-refractivity contribution in [2.24, 2.45) is 0 Å². The number of likely N-dealkylation sites (N-methyl/N-ethyl adjacent to an activating group) is 1. The van der Waals surface area contributed by atoms with Crippen molar-refractivity contribution in [2.75, 3.05) is 13.6 Å². The first kappa shape index (κ1) is 27.6. The minimum atomic E-state index is -9.45. The van der Waals surface area contributed by atoms with Gasteiger partial charge in [-0.2, -0.15) is 0 Å². The second kappa shape index (κ2) is 10.0. The van der Waals surface area contributed by atoms with Crippen molar-refractivity contribution in [3.05, 3.63) is 77.9 Å². The molecule has 2 aromatic rings. The van der Waals surface area contributed by atoms with Gasteiger partial charge in [0.2, 0.25) is 5.91 Å². The van der Waals surface area contributed by atoms with E-state index in [0.717, 1.165) is 18.6 Å². The van der Waals surface area contributed by atoms with Gasteiger partial charge in [-0.1, -0.05) is 81.8 Å².